The Balaban J connectivity index is 4.09. The van der Waals surface area contributed by atoms with E-state index in [0.29, 0.717) is 13.0 Å². The van der Waals surface area contributed by atoms with Crippen molar-refractivity contribution in [3.8, 4) is 0 Å². The Labute approximate surface area is 91.2 Å². The second-order valence-electron chi connectivity index (χ2n) is 3.11. The number of carbonyl (C=O) groups is 1. The van der Waals surface area contributed by atoms with E-state index in [1.54, 1.807) is 6.92 Å². The van der Waals surface area contributed by atoms with Crippen LogP contribution in [0, 0.1) is 0 Å². The van der Waals surface area contributed by atoms with E-state index in [4.69, 9.17) is 0 Å². The summed E-state index contributed by atoms with van der Waals surface area (Å²) in [4.78, 5) is 10.9. The molecule has 0 aliphatic heterocycles. The Kier molecular flexibility index (Phi) is 6.19. The van der Waals surface area contributed by atoms with Crippen LogP contribution in [0.5, 0.6) is 0 Å². The SMILES string of the molecule is C=CCN(CCNC(=O)CC)S(C)(=O)=O. The average molecular weight is 234 g/mol. The van der Waals surface area contributed by atoms with E-state index >= 15 is 0 Å². The van der Waals surface area contributed by atoms with Gasteiger partial charge in [0.05, 0.1) is 6.26 Å². The van der Waals surface area contributed by atoms with Crippen LogP contribution in [0.25, 0.3) is 0 Å². The molecule has 0 aromatic rings. The first kappa shape index (κ1) is 14.1. The molecular weight excluding hydrogens is 216 g/mol. The zero-order chi connectivity index (χ0) is 11.9. The van der Waals surface area contributed by atoms with Gasteiger partial charge in [-0.3, -0.25) is 4.79 Å². The van der Waals surface area contributed by atoms with Crippen LogP contribution < -0.4 is 5.32 Å². The molecule has 0 spiro atoms. The van der Waals surface area contributed by atoms with Gasteiger partial charge in [0.2, 0.25) is 15.9 Å². The fourth-order valence-electron chi connectivity index (χ4n) is 0.982. The molecule has 1 N–H and O–H groups in total. The molecular formula is C9H18N2O3S. The minimum Gasteiger partial charge on any atom is -0.355 e. The third-order valence-electron chi connectivity index (χ3n) is 1.81. The summed E-state index contributed by atoms with van der Waals surface area (Å²) < 4.78 is 23.7. The number of rotatable bonds is 7. The van der Waals surface area contributed by atoms with Gasteiger partial charge in [-0.1, -0.05) is 13.0 Å². The van der Waals surface area contributed by atoms with Crippen LogP contribution in [0.1, 0.15) is 13.3 Å². The van der Waals surface area contributed by atoms with Crippen molar-refractivity contribution in [3.05, 3.63) is 12.7 Å². The van der Waals surface area contributed by atoms with E-state index in [2.05, 4.69) is 11.9 Å². The maximum absolute atomic E-state index is 11.2. The number of hydrogen-bond acceptors (Lipinski definition) is 3. The van der Waals surface area contributed by atoms with Crippen LogP contribution in [-0.4, -0.2) is 44.5 Å². The second-order valence-corrected chi connectivity index (χ2v) is 5.10. The zero-order valence-corrected chi connectivity index (χ0v) is 10.0. The van der Waals surface area contributed by atoms with E-state index in [-0.39, 0.29) is 19.0 Å². The molecule has 0 aromatic heterocycles. The molecule has 0 atom stereocenters. The smallest absolute Gasteiger partial charge is 0.219 e. The van der Waals surface area contributed by atoms with Gasteiger partial charge >= 0.3 is 0 Å². The quantitative estimate of drug-likeness (QED) is 0.629. The second kappa shape index (κ2) is 6.58. The molecule has 0 aliphatic carbocycles. The van der Waals surface area contributed by atoms with E-state index < -0.39 is 10.0 Å². The Bertz CT molecular complexity index is 311. The molecule has 15 heavy (non-hydrogen) atoms. The van der Waals surface area contributed by atoms with Crippen LogP contribution in [0.3, 0.4) is 0 Å². The van der Waals surface area contributed by atoms with E-state index in [9.17, 15) is 13.2 Å². The summed E-state index contributed by atoms with van der Waals surface area (Å²) >= 11 is 0. The molecule has 0 aromatic carbocycles. The summed E-state index contributed by atoms with van der Waals surface area (Å²) in [7, 11) is -3.22. The van der Waals surface area contributed by atoms with Gasteiger partial charge in [-0.15, -0.1) is 6.58 Å². The maximum Gasteiger partial charge on any atom is 0.219 e. The lowest BCUT2D eigenvalue weighted by atomic mass is 10.4. The fraction of sp³-hybridized carbons (Fsp3) is 0.667. The summed E-state index contributed by atoms with van der Waals surface area (Å²) in [6.07, 6.45) is 3.06. The number of sulfonamides is 1. The molecule has 6 heteroatoms. The number of nitrogens with zero attached hydrogens (tertiary/aromatic N) is 1. The van der Waals surface area contributed by atoms with Crippen molar-refractivity contribution in [1.82, 2.24) is 9.62 Å². The number of hydrogen-bond donors (Lipinski definition) is 1. The third-order valence-corrected chi connectivity index (χ3v) is 3.08. The monoisotopic (exact) mass is 234 g/mol. The standard InChI is InChI=1S/C9H18N2O3S/c1-4-7-11(15(3,13)14)8-6-10-9(12)5-2/h4H,1,5-8H2,2-3H3,(H,10,12). The Hall–Kier alpha value is -0.880. The van der Waals surface area contributed by atoms with Gasteiger partial charge in [0.15, 0.2) is 0 Å². The molecule has 0 saturated carbocycles. The number of nitrogens with one attached hydrogen (secondary N) is 1. The molecule has 0 unspecified atom stereocenters. The van der Waals surface area contributed by atoms with E-state index in [1.807, 2.05) is 0 Å². The Morgan fingerprint density at radius 3 is 2.53 bits per heavy atom. The first-order valence-electron chi connectivity index (χ1n) is 4.74. The predicted molar refractivity (Wildman–Crippen MR) is 59.9 cm³/mol. The maximum atomic E-state index is 11.2. The van der Waals surface area contributed by atoms with Crippen molar-refractivity contribution in [2.24, 2.45) is 0 Å². The number of carbonyl (C=O) groups excluding carboxylic acids is 1. The van der Waals surface area contributed by atoms with Gasteiger partial charge in [0.25, 0.3) is 0 Å². The van der Waals surface area contributed by atoms with Gasteiger partial charge in [0.1, 0.15) is 0 Å². The minimum atomic E-state index is -3.22. The van der Waals surface area contributed by atoms with Crippen molar-refractivity contribution in [2.45, 2.75) is 13.3 Å². The summed E-state index contributed by atoms with van der Waals surface area (Å²) in [6.45, 7) is 6.09. The normalized spacial score (nSPS) is 11.4. The highest BCUT2D eigenvalue weighted by molar-refractivity contribution is 7.88. The Morgan fingerprint density at radius 2 is 2.13 bits per heavy atom. The largest absolute Gasteiger partial charge is 0.355 e. The third kappa shape index (κ3) is 6.24. The molecule has 0 fully saturated rings. The van der Waals surface area contributed by atoms with Crippen LogP contribution in [0.15, 0.2) is 12.7 Å². The van der Waals surface area contributed by atoms with Crippen molar-refractivity contribution >= 4 is 15.9 Å². The van der Waals surface area contributed by atoms with E-state index in [0.717, 1.165) is 6.26 Å². The van der Waals surface area contributed by atoms with Gasteiger partial charge in [0, 0.05) is 26.1 Å². The van der Waals surface area contributed by atoms with Crippen molar-refractivity contribution in [1.29, 1.82) is 0 Å². The van der Waals surface area contributed by atoms with Crippen LogP contribution in [0.4, 0.5) is 0 Å². The molecule has 0 rings (SSSR count). The highest BCUT2D eigenvalue weighted by atomic mass is 32.2. The van der Waals surface area contributed by atoms with Crippen LogP contribution >= 0.6 is 0 Å². The topological polar surface area (TPSA) is 66.5 Å². The summed E-state index contributed by atoms with van der Waals surface area (Å²) in [5.41, 5.74) is 0. The highest BCUT2D eigenvalue weighted by Gasteiger charge is 2.14. The van der Waals surface area contributed by atoms with Gasteiger partial charge in [-0.25, -0.2) is 8.42 Å². The fourth-order valence-corrected chi connectivity index (χ4v) is 1.78. The molecule has 0 bridgehead atoms. The molecule has 0 radical (unpaired) electrons. The molecule has 0 aliphatic rings. The van der Waals surface area contributed by atoms with Crippen molar-refractivity contribution in [2.75, 3.05) is 25.9 Å². The van der Waals surface area contributed by atoms with Gasteiger partial charge in [-0.2, -0.15) is 4.31 Å². The zero-order valence-electron chi connectivity index (χ0n) is 9.19. The van der Waals surface area contributed by atoms with Crippen molar-refractivity contribution < 1.29 is 13.2 Å². The Morgan fingerprint density at radius 1 is 1.53 bits per heavy atom. The lowest BCUT2D eigenvalue weighted by molar-refractivity contribution is -0.120. The molecule has 5 nitrogen and oxygen atoms in total. The lowest BCUT2D eigenvalue weighted by Crippen LogP contribution is -2.37. The van der Waals surface area contributed by atoms with E-state index in [1.165, 1.54) is 10.4 Å². The highest BCUT2D eigenvalue weighted by Crippen LogP contribution is 1.96. The molecule has 0 heterocycles. The van der Waals surface area contributed by atoms with Gasteiger partial charge in [-0.05, 0) is 0 Å². The predicted octanol–water partition coefficient (Wildman–Crippen LogP) is -0.0398. The summed E-state index contributed by atoms with van der Waals surface area (Å²) in [6, 6.07) is 0. The summed E-state index contributed by atoms with van der Waals surface area (Å²) in [5, 5.41) is 2.61. The van der Waals surface area contributed by atoms with Crippen LogP contribution in [0.2, 0.25) is 0 Å². The average Bonchev–Trinajstić information content (AvgIpc) is 2.14. The molecule has 88 valence electrons. The first-order chi connectivity index (χ1) is 6.91. The first-order valence-corrected chi connectivity index (χ1v) is 6.59. The molecule has 1 amide bonds. The van der Waals surface area contributed by atoms with Crippen LogP contribution in [-0.2, 0) is 14.8 Å². The van der Waals surface area contributed by atoms with Gasteiger partial charge < -0.3 is 5.32 Å². The van der Waals surface area contributed by atoms with Crippen molar-refractivity contribution in [3.63, 3.8) is 0 Å². The minimum absolute atomic E-state index is 0.0814. The molecule has 0 saturated heterocycles. The number of amides is 1. The summed E-state index contributed by atoms with van der Waals surface area (Å²) in [5.74, 6) is -0.0814. The lowest BCUT2D eigenvalue weighted by Gasteiger charge is -2.17.